The molecular weight excluding hydrogens is 1690 g/mol. The maximum atomic E-state index is 12.7. The SMILES string of the molecule is CC.CC.CC.CC.CC.CCC(CC)Cc1ccc(-c2ccc(C)cc2)cc1.CCCc1ccc(-c2cc(-c3ccc(CCC)cc3)cc(-c3ccc(CCC)cc3)c2)cc1.CCCc1ccc(-c2cc(CCC)cc(-c3ccc(CCC)cc3)c2)cc1.CCCc1ccc(-c2cccc(-c3ccc(CCC)cc3)c2)cc1.CCc1ccc2cc(-c3cc4cc(CC)c(CC)cc4oc3=O)ccc2c1. The van der Waals surface area contributed by atoms with Crippen molar-refractivity contribution in [3.8, 4) is 100 Å². The van der Waals surface area contributed by atoms with Crippen LogP contribution in [0.3, 0.4) is 0 Å². The highest BCUT2D eigenvalue weighted by Gasteiger charge is 2.16. The summed E-state index contributed by atoms with van der Waals surface area (Å²) in [6.45, 7) is 51.0. The lowest BCUT2D eigenvalue weighted by atomic mass is 9.92. The summed E-state index contributed by atoms with van der Waals surface area (Å²) in [6, 6.07) is 123. The van der Waals surface area contributed by atoms with Crippen LogP contribution in [-0.2, 0) is 77.0 Å². The zero-order valence-electron chi connectivity index (χ0n) is 90.7. The quantitative estimate of drug-likeness (QED) is 0.0393. The van der Waals surface area contributed by atoms with E-state index in [4.69, 9.17) is 4.42 Å². The van der Waals surface area contributed by atoms with Crippen LogP contribution in [0, 0.1) is 12.8 Å². The van der Waals surface area contributed by atoms with Crippen molar-refractivity contribution in [3.05, 3.63) is 416 Å². The molecule has 0 aliphatic carbocycles. The second-order valence-corrected chi connectivity index (χ2v) is 35.7. The van der Waals surface area contributed by atoms with Crippen LogP contribution in [0.15, 0.2) is 343 Å². The van der Waals surface area contributed by atoms with Gasteiger partial charge in [-0.2, -0.15) is 0 Å². The lowest BCUT2D eigenvalue weighted by Gasteiger charge is -2.13. The van der Waals surface area contributed by atoms with E-state index in [0.29, 0.717) is 11.1 Å². The highest BCUT2D eigenvalue weighted by Crippen LogP contribution is 2.37. The molecule has 0 saturated carbocycles. The largest absolute Gasteiger partial charge is 0.422 e. The molecule has 2 heteroatoms. The normalized spacial score (nSPS) is 10.4. The Balaban J connectivity index is 0.000000234. The third-order valence-corrected chi connectivity index (χ3v) is 25.6. The minimum atomic E-state index is -0.279. The zero-order chi connectivity index (χ0) is 102. The first-order valence-electron chi connectivity index (χ1n) is 54.4. The van der Waals surface area contributed by atoms with Crippen LogP contribution < -0.4 is 5.63 Å². The van der Waals surface area contributed by atoms with Crippen molar-refractivity contribution < 1.29 is 4.42 Å². The third-order valence-electron chi connectivity index (χ3n) is 25.6. The summed E-state index contributed by atoms with van der Waals surface area (Å²) < 4.78 is 5.68. The maximum Gasteiger partial charge on any atom is 0.344 e. The smallest absolute Gasteiger partial charge is 0.344 e. The van der Waals surface area contributed by atoms with Crippen molar-refractivity contribution in [3.63, 3.8) is 0 Å². The molecule has 16 aromatic rings. The summed E-state index contributed by atoms with van der Waals surface area (Å²) in [4.78, 5) is 12.7. The summed E-state index contributed by atoms with van der Waals surface area (Å²) in [6.07, 6.45) is 25.4. The van der Waals surface area contributed by atoms with Gasteiger partial charge in [-0.15, -0.1) is 0 Å². The van der Waals surface area contributed by atoms with Gasteiger partial charge >= 0.3 is 5.63 Å². The summed E-state index contributed by atoms with van der Waals surface area (Å²) in [7, 11) is 0. The predicted octanol–water partition coefficient (Wildman–Crippen LogP) is 41.4. The molecule has 736 valence electrons. The summed E-state index contributed by atoms with van der Waals surface area (Å²) in [5.74, 6) is 0.824. The maximum absolute atomic E-state index is 12.7. The molecule has 0 saturated heterocycles. The Bertz CT molecular complexity index is 5900. The topological polar surface area (TPSA) is 30.2 Å². The van der Waals surface area contributed by atoms with E-state index in [1.54, 1.807) is 0 Å². The first kappa shape index (κ1) is 115. The van der Waals surface area contributed by atoms with Crippen LogP contribution in [0.5, 0.6) is 0 Å². The van der Waals surface area contributed by atoms with Gasteiger partial charge in [0.15, 0.2) is 0 Å². The van der Waals surface area contributed by atoms with Crippen molar-refractivity contribution in [2.45, 2.75) is 307 Å². The van der Waals surface area contributed by atoms with E-state index < -0.39 is 0 Å². The fourth-order valence-corrected chi connectivity index (χ4v) is 17.8. The van der Waals surface area contributed by atoms with E-state index in [2.05, 4.69) is 412 Å². The average molecular weight is 1860 g/mol. The Morgan fingerprint density at radius 3 is 0.779 bits per heavy atom. The van der Waals surface area contributed by atoms with E-state index in [1.807, 2.05) is 87.4 Å². The Labute approximate surface area is 850 Å². The molecule has 0 aliphatic rings. The predicted molar refractivity (Wildman–Crippen MR) is 624 cm³/mol. The van der Waals surface area contributed by atoms with Crippen LogP contribution in [0.2, 0.25) is 0 Å². The molecule has 0 unspecified atom stereocenters. The van der Waals surface area contributed by atoms with Gasteiger partial charge in [-0.05, 0) is 317 Å². The Morgan fingerprint density at radius 1 is 0.207 bits per heavy atom. The highest BCUT2D eigenvalue weighted by molar-refractivity contribution is 5.90. The van der Waals surface area contributed by atoms with E-state index >= 15 is 0 Å². The molecule has 0 fully saturated rings. The molecule has 2 nitrogen and oxygen atoms in total. The van der Waals surface area contributed by atoms with E-state index in [1.165, 1.54) is 237 Å². The first-order chi connectivity index (χ1) is 68.6. The minimum absolute atomic E-state index is 0.279. The third kappa shape index (κ3) is 35.2. The van der Waals surface area contributed by atoms with Crippen molar-refractivity contribution in [2.75, 3.05) is 0 Å². The van der Waals surface area contributed by atoms with Crippen LogP contribution >= 0.6 is 0 Å². The van der Waals surface area contributed by atoms with Gasteiger partial charge in [0, 0.05) is 5.39 Å². The van der Waals surface area contributed by atoms with Gasteiger partial charge in [0.25, 0.3) is 0 Å². The number of hydrogen-bond acceptors (Lipinski definition) is 2. The first-order valence-corrected chi connectivity index (χ1v) is 54.4. The molecule has 1 heterocycles. The summed E-state index contributed by atoms with van der Waals surface area (Å²) >= 11 is 0. The molecule has 0 amide bonds. The second-order valence-electron chi connectivity index (χ2n) is 35.7. The lowest BCUT2D eigenvalue weighted by molar-refractivity contribution is 0.490. The van der Waals surface area contributed by atoms with Crippen LogP contribution in [0.25, 0.3) is 122 Å². The molecule has 1 aromatic heterocycles. The number of rotatable bonds is 32. The molecule has 0 radical (unpaired) electrons. The van der Waals surface area contributed by atoms with Crippen LogP contribution in [0.1, 0.15) is 296 Å². The second kappa shape index (κ2) is 64.2. The van der Waals surface area contributed by atoms with Crippen molar-refractivity contribution in [2.24, 2.45) is 5.92 Å². The fourth-order valence-electron chi connectivity index (χ4n) is 17.8. The van der Waals surface area contributed by atoms with E-state index in [0.717, 1.165) is 92.9 Å². The Morgan fingerprint density at radius 2 is 0.464 bits per heavy atom. The number of hydrogen-bond donors (Lipinski definition) is 0. The Kier molecular flexibility index (Phi) is 52.6. The van der Waals surface area contributed by atoms with Gasteiger partial charge in [0.2, 0.25) is 0 Å². The van der Waals surface area contributed by atoms with Gasteiger partial charge < -0.3 is 4.42 Å². The monoisotopic (exact) mass is 1860 g/mol. The zero-order valence-corrected chi connectivity index (χ0v) is 90.7. The van der Waals surface area contributed by atoms with Crippen molar-refractivity contribution in [1.29, 1.82) is 0 Å². The highest BCUT2D eigenvalue weighted by atomic mass is 16.4. The molecule has 0 spiro atoms. The van der Waals surface area contributed by atoms with Gasteiger partial charge in [0.1, 0.15) is 5.58 Å². The van der Waals surface area contributed by atoms with Gasteiger partial charge in [-0.25, -0.2) is 4.79 Å². The van der Waals surface area contributed by atoms with Crippen LogP contribution in [0.4, 0.5) is 0 Å². The molecular formula is C138H172O2. The number of fused-ring (bicyclic) bond motifs is 2. The molecule has 0 N–H and O–H groups in total. The average Bonchev–Trinajstić information content (AvgIpc) is 0.832. The standard InChI is InChI=1S/C33H36.C27H32.C25H24O2.C24H26.C19H24.5C2H6/c1-4-7-25-10-16-28(17-11-25)31-22-32(29-18-12-26(8-5-2)13-19-29)24-33(23-31)30-20-14-27(9-6-3)15-21-30;1-4-7-21-10-14-24(15-11-21)26-18-23(9-6-3)19-27(20-26)25-16-12-22(8-5-2)13-17-25;1-4-16-7-8-20-13-21(10-9-19(20)11-16)23-14-22-12-17(5-2)18(6-3)15-24(22)27-25(23)26;1-3-6-19-10-14-21(15-11-19)23-8-5-9-24(18-23)22-16-12-20(7-4-2)13-17-22;1-4-16(5-2)14-17-8-12-19(13-9-17)18-10-6-15(3)7-11-18;5*1-2/h10-24H,4-9H2,1-3H3;10-20H,4-9H2,1-3H3;7-15H,4-6H2,1-3H3;5,8-18H,3-4,6-7H2,1-2H3;6-13,16H,4-5,14H2,1-3H3;5*1-2H3. The van der Waals surface area contributed by atoms with Gasteiger partial charge in [0.05, 0.1) is 5.56 Å². The molecule has 16 rings (SSSR count). The Hall–Kier alpha value is -12.2. The number of benzene rings is 15. The minimum Gasteiger partial charge on any atom is -0.422 e. The summed E-state index contributed by atoms with van der Waals surface area (Å²) in [5, 5.41) is 3.32. The fraction of sp³-hybridized carbons (Fsp3) is 0.341. The van der Waals surface area contributed by atoms with Gasteiger partial charge in [-0.3, -0.25) is 0 Å². The summed E-state index contributed by atoms with van der Waals surface area (Å²) in [5.41, 5.74) is 40.7. The molecule has 0 bridgehead atoms. The van der Waals surface area contributed by atoms with Crippen molar-refractivity contribution in [1.82, 2.24) is 0 Å². The molecule has 140 heavy (non-hydrogen) atoms. The van der Waals surface area contributed by atoms with Crippen LogP contribution in [-0.4, -0.2) is 0 Å². The lowest BCUT2D eigenvalue weighted by Crippen LogP contribution is -2.03. The number of aryl methyl sites for hydroxylation is 12. The molecule has 0 atom stereocenters. The van der Waals surface area contributed by atoms with E-state index in [-0.39, 0.29) is 5.63 Å². The molecule has 0 aliphatic heterocycles. The molecule has 15 aromatic carbocycles. The van der Waals surface area contributed by atoms with Crippen molar-refractivity contribution >= 4 is 21.7 Å². The van der Waals surface area contributed by atoms with E-state index in [9.17, 15) is 4.79 Å². The van der Waals surface area contributed by atoms with Gasteiger partial charge in [-0.1, -0.05) is 508 Å².